The molecule has 0 atom stereocenters. The minimum atomic E-state index is -0.284. The van der Waals surface area contributed by atoms with Gasteiger partial charge >= 0.3 is 0 Å². The summed E-state index contributed by atoms with van der Waals surface area (Å²) in [4.78, 5) is 25.0. The lowest BCUT2D eigenvalue weighted by Crippen LogP contribution is -2.25. The van der Waals surface area contributed by atoms with Crippen molar-refractivity contribution in [2.24, 2.45) is 7.05 Å². The molecule has 0 bridgehead atoms. The van der Waals surface area contributed by atoms with E-state index in [1.54, 1.807) is 30.9 Å². The molecule has 0 aliphatic rings. The summed E-state index contributed by atoms with van der Waals surface area (Å²) in [6.45, 7) is 3.94. The molecule has 2 N–H and O–H groups in total. The molecule has 0 unspecified atom stereocenters. The van der Waals surface area contributed by atoms with Crippen LogP contribution in [-0.2, 0) is 24.9 Å². The Morgan fingerprint density at radius 3 is 2.61 bits per heavy atom. The Morgan fingerprint density at radius 2 is 1.90 bits per heavy atom. The fourth-order valence-corrected chi connectivity index (χ4v) is 3.33. The summed E-state index contributed by atoms with van der Waals surface area (Å²) in [7, 11) is 3.30. The first-order chi connectivity index (χ1) is 14.8. The van der Waals surface area contributed by atoms with Gasteiger partial charge in [0.25, 0.3) is 5.91 Å². The molecule has 0 saturated carbocycles. The summed E-state index contributed by atoms with van der Waals surface area (Å²) in [6.07, 6.45) is 0. The number of aryl methyl sites for hydroxylation is 2. The number of benzene rings is 2. The van der Waals surface area contributed by atoms with Crippen molar-refractivity contribution in [1.82, 2.24) is 19.7 Å². The number of anilines is 1. The third-order valence-electron chi connectivity index (χ3n) is 4.85. The molecule has 0 aliphatic heterocycles. The smallest absolute Gasteiger partial charge is 0.251 e. The number of nitrogens with zero attached hydrogens (tertiary/aromatic N) is 3. The Bertz CT molecular complexity index is 1180. The second-order valence-corrected chi connectivity index (χ2v) is 7.53. The topological polar surface area (TPSA) is 90.2 Å². The van der Waals surface area contributed by atoms with Gasteiger partial charge in [-0.05, 0) is 55.4 Å². The Balaban J connectivity index is 1.69. The van der Waals surface area contributed by atoms with E-state index in [0.29, 0.717) is 27.6 Å². The minimum Gasteiger partial charge on any atom is -0.495 e. The van der Waals surface area contributed by atoms with E-state index in [2.05, 4.69) is 15.7 Å². The first-order valence-corrected chi connectivity index (χ1v) is 10.1. The summed E-state index contributed by atoms with van der Waals surface area (Å²) in [5.41, 5.74) is 3.08. The predicted octanol–water partition coefficient (Wildman–Crippen LogP) is 3.15. The lowest BCUT2D eigenvalue weighted by atomic mass is 10.1. The number of methoxy groups -OCH3 is 1. The zero-order valence-corrected chi connectivity index (χ0v) is 18.7. The molecular weight excluding hydrogens is 414 g/mol. The van der Waals surface area contributed by atoms with E-state index in [4.69, 9.17) is 17.0 Å². The van der Waals surface area contributed by atoms with E-state index >= 15 is 0 Å². The SMILES string of the molecule is COc1ccc(C)cc1NC(=O)Cn1nc(CNC(=O)c2ccccc2C)n(C)c1=S. The molecule has 1 heterocycles. The molecule has 3 aromatic rings. The summed E-state index contributed by atoms with van der Waals surface area (Å²) < 4.78 is 8.78. The van der Waals surface area contributed by atoms with Crippen LogP contribution in [0.3, 0.4) is 0 Å². The molecule has 2 amide bonds. The number of ether oxygens (including phenoxy) is 1. The molecule has 8 nitrogen and oxygen atoms in total. The Morgan fingerprint density at radius 1 is 1.16 bits per heavy atom. The van der Waals surface area contributed by atoms with E-state index in [9.17, 15) is 9.59 Å². The van der Waals surface area contributed by atoms with Gasteiger partial charge in [0.15, 0.2) is 10.6 Å². The molecule has 3 rings (SSSR count). The van der Waals surface area contributed by atoms with Gasteiger partial charge in [0.1, 0.15) is 12.3 Å². The lowest BCUT2D eigenvalue weighted by molar-refractivity contribution is -0.117. The van der Waals surface area contributed by atoms with E-state index in [1.165, 1.54) is 4.68 Å². The van der Waals surface area contributed by atoms with Crippen LogP contribution < -0.4 is 15.4 Å². The molecule has 0 aliphatic carbocycles. The zero-order valence-electron chi connectivity index (χ0n) is 17.9. The number of carbonyl (C=O) groups excluding carboxylic acids is 2. The maximum absolute atomic E-state index is 12.6. The van der Waals surface area contributed by atoms with Crippen molar-refractivity contribution >= 4 is 29.7 Å². The average molecular weight is 440 g/mol. The quantitative estimate of drug-likeness (QED) is 0.552. The van der Waals surface area contributed by atoms with Crippen LogP contribution in [0.25, 0.3) is 0 Å². The van der Waals surface area contributed by atoms with Crippen LogP contribution in [-0.4, -0.2) is 33.3 Å². The zero-order chi connectivity index (χ0) is 22.5. The first kappa shape index (κ1) is 22.2. The van der Waals surface area contributed by atoms with Crippen LogP contribution in [0.5, 0.6) is 5.75 Å². The number of carbonyl (C=O) groups is 2. The number of hydrogen-bond donors (Lipinski definition) is 2. The summed E-state index contributed by atoms with van der Waals surface area (Å²) in [6, 6.07) is 12.9. The molecule has 31 heavy (non-hydrogen) atoms. The summed E-state index contributed by atoms with van der Waals surface area (Å²) in [5.74, 6) is 0.646. The molecule has 0 fully saturated rings. The van der Waals surface area contributed by atoms with Gasteiger partial charge in [-0.3, -0.25) is 9.59 Å². The maximum atomic E-state index is 12.6. The minimum absolute atomic E-state index is 0.0600. The number of rotatable bonds is 7. The van der Waals surface area contributed by atoms with Crippen LogP contribution in [0.15, 0.2) is 42.5 Å². The second kappa shape index (κ2) is 9.57. The molecule has 0 spiro atoms. The highest BCUT2D eigenvalue weighted by atomic mass is 32.1. The Hall–Kier alpha value is -3.46. The summed E-state index contributed by atoms with van der Waals surface area (Å²) >= 11 is 5.41. The molecular formula is C22H25N5O3S. The highest BCUT2D eigenvalue weighted by molar-refractivity contribution is 7.71. The predicted molar refractivity (Wildman–Crippen MR) is 121 cm³/mol. The van der Waals surface area contributed by atoms with Gasteiger partial charge in [0.05, 0.1) is 19.3 Å². The molecule has 162 valence electrons. The number of aromatic nitrogens is 3. The van der Waals surface area contributed by atoms with Crippen molar-refractivity contribution in [2.75, 3.05) is 12.4 Å². The van der Waals surface area contributed by atoms with Crippen molar-refractivity contribution in [1.29, 1.82) is 0 Å². The van der Waals surface area contributed by atoms with Crippen LogP contribution >= 0.6 is 12.2 Å². The Labute approximate surface area is 185 Å². The Kier molecular flexibility index (Phi) is 6.86. The highest BCUT2D eigenvalue weighted by Gasteiger charge is 2.15. The fraction of sp³-hybridized carbons (Fsp3) is 0.273. The van der Waals surface area contributed by atoms with Gasteiger partial charge in [-0.25, -0.2) is 4.68 Å². The van der Waals surface area contributed by atoms with Crippen LogP contribution in [0.4, 0.5) is 5.69 Å². The van der Waals surface area contributed by atoms with E-state index in [1.807, 2.05) is 44.2 Å². The monoisotopic (exact) mass is 439 g/mol. The van der Waals surface area contributed by atoms with Crippen LogP contribution in [0, 0.1) is 18.6 Å². The number of amides is 2. The van der Waals surface area contributed by atoms with Crippen molar-refractivity contribution in [2.45, 2.75) is 26.9 Å². The molecule has 0 radical (unpaired) electrons. The van der Waals surface area contributed by atoms with Crippen molar-refractivity contribution in [3.8, 4) is 5.75 Å². The van der Waals surface area contributed by atoms with Crippen LogP contribution in [0.2, 0.25) is 0 Å². The van der Waals surface area contributed by atoms with Gasteiger partial charge in [-0.2, -0.15) is 5.10 Å². The average Bonchev–Trinajstić information content (AvgIpc) is 3.00. The van der Waals surface area contributed by atoms with Crippen molar-refractivity contribution < 1.29 is 14.3 Å². The maximum Gasteiger partial charge on any atom is 0.251 e. The van der Waals surface area contributed by atoms with Crippen molar-refractivity contribution in [3.05, 3.63) is 69.8 Å². The highest BCUT2D eigenvalue weighted by Crippen LogP contribution is 2.25. The van der Waals surface area contributed by atoms with Gasteiger partial charge in [0.2, 0.25) is 5.91 Å². The van der Waals surface area contributed by atoms with Crippen LogP contribution in [0.1, 0.15) is 27.3 Å². The lowest BCUT2D eigenvalue weighted by Gasteiger charge is -2.11. The van der Waals surface area contributed by atoms with Gasteiger partial charge in [-0.15, -0.1) is 0 Å². The molecule has 9 heteroatoms. The second-order valence-electron chi connectivity index (χ2n) is 7.16. The third kappa shape index (κ3) is 5.18. The third-order valence-corrected chi connectivity index (χ3v) is 5.33. The number of hydrogen-bond acceptors (Lipinski definition) is 5. The standard InChI is InChI=1S/C22H25N5O3S/c1-14-9-10-18(30-4)17(11-14)24-20(28)13-27-22(31)26(3)19(25-27)12-23-21(29)16-8-6-5-7-15(16)2/h5-11H,12-13H2,1-4H3,(H,23,29)(H,24,28). The van der Waals surface area contributed by atoms with Gasteiger partial charge in [-0.1, -0.05) is 24.3 Å². The molecule has 2 aromatic carbocycles. The first-order valence-electron chi connectivity index (χ1n) is 9.71. The fourth-order valence-electron chi connectivity index (χ4n) is 3.12. The molecule has 0 saturated heterocycles. The van der Waals surface area contributed by atoms with Crippen molar-refractivity contribution in [3.63, 3.8) is 0 Å². The largest absolute Gasteiger partial charge is 0.495 e. The van der Waals surface area contributed by atoms with E-state index in [-0.39, 0.29) is 24.9 Å². The normalized spacial score (nSPS) is 10.6. The van der Waals surface area contributed by atoms with Gasteiger partial charge < -0.3 is 19.9 Å². The van der Waals surface area contributed by atoms with E-state index in [0.717, 1.165) is 11.1 Å². The molecule has 1 aromatic heterocycles. The van der Waals surface area contributed by atoms with Gasteiger partial charge in [0, 0.05) is 12.6 Å². The summed E-state index contributed by atoms with van der Waals surface area (Å²) in [5, 5.41) is 10.1. The number of nitrogens with one attached hydrogen (secondary N) is 2. The van der Waals surface area contributed by atoms with E-state index < -0.39 is 0 Å².